The molecule has 94 valence electrons. The number of benzene rings is 1. The number of hydrogen-bond acceptors (Lipinski definition) is 3. The molecule has 0 amide bonds. The predicted octanol–water partition coefficient (Wildman–Crippen LogP) is 2.46. The topological polar surface area (TPSA) is 38.7 Å². The number of rotatable bonds is 3. The van der Waals surface area contributed by atoms with Crippen molar-refractivity contribution in [1.82, 2.24) is 0 Å². The molecule has 17 heavy (non-hydrogen) atoms. The Labute approximate surface area is 102 Å². The van der Waals surface area contributed by atoms with E-state index >= 15 is 0 Å². The second-order valence-corrected chi connectivity index (χ2v) is 4.72. The van der Waals surface area contributed by atoms with Gasteiger partial charge in [0.25, 0.3) is 0 Å². The third-order valence-electron chi connectivity index (χ3n) is 3.54. The van der Waals surface area contributed by atoms with Crippen LogP contribution >= 0.6 is 0 Å². The number of aliphatic hydroxyl groups is 1. The van der Waals surface area contributed by atoms with Gasteiger partial charge in [0.2, 0.25) is 0 Å². The Bertz CT molecular complexity index is 389. The van der Waals surface area contributed by atoms with E-state index in [1.54, 1.807) is 7.11 Å². The zero-order valence-electron chi connectivity index (χ0n) is 10.6. The molecule has 1 N–H and O–H groups in total. The van der Waals surface area contributed by atoms with Crippen LogP contribution in [0.15, 0.2) is 18.2 Å². The van der Waals surface area contributed by atoms with Crippen molar-refractivity contribution in [2.24, 2.45) is 5.92 Å². The van der Waals surface area contributed by atoms with Crippen LogP contribution in [0.3, 0.4) is 0 Å². The van der Waals surface area contributed by atoms with Crippen LogP contribution in [0.2, 0.25) is 0 Å². The van der Waals surface area contributed by atoms with Crippen LogP contribution < -0.4 is 4.74 Å². The molecule has 0 bridgehead atoms. The molecule has 1 aliphatic rings. The van der Waals surface area contributed by atoms with Crippen molar-refractivity contribution in [3.63, 3.8) is 0 Å². The highest BCUT2D eigenvalue weighted by Crippen LogP contribution is 2.37. The van der Waals surface area contributed by atoms with E-state index in [0.29, 0.717) is 0 Å². The molecule has 1 aromatic rings. The zero-order valence-corrected chi connectivity index (χ0v) is 10.6. The van der Waals surface area contributed by atoms with Gasteiger partial charge in [0.15, 0.2) is 0 Å². The Hall–Kier alpha value is -1.06. The summed E-state index contributed by atoms with van der Waals surface area (Å²) in [6, 6.07) is 5.90. The number of hydrogen-bond donors (Lipinski definition) is 1. The Balaban J connectivity index is 2.28. The first-order valence-electron chi connectivity index (χ1n) is 6.07. The molecule has 1 saturated heterocycles. The fourth-order valence-corrected chi connectivity index (χ4v) is 2.48. The van der Waals surface area contributed by atoms with Crippen molar-refractivity contribution in [3.8, 4) is 5.75 Å². The maximum Gasteiger partial charge on any atom is 0.124 e. The lowest BCUT2D eigenvalue weighted by molar-refractivity contribution is 0.0420. The lowest BCUT2D eigenvalue weighted by Crippen LogP contribution is -2.20. The smallest absolute Gasteiger partial charge is 0.124 e. The van der Waals surface area contributed by atoms with Crippen LogP contribution in [0, 0.1) is 12.8 Å². The van der Waals surface area contributed by atoms with Gasteiger partial charge in [0, 0.05) is 18.1 Å². The molecule has 3 atom stereocenters. The summed E-state index contributed by atoms with van der Waals surface area (Å²) in [5.74, 6) is 0.910. The normalized spacial score (nSPS) is 25.9. The molecule has 1 aromatic carbocycles. The molecule has 0 saturated carbocycles. The van der Waals surface area contributed by atoms with Gasteiger partial charge < -0.3 is 14.6 Å². The summed E-state index contributed by atoms with van der Waals surface area (Å²) in [5.41, 5.74) is 2.00. The van der Waals surface area contributed by atoms with Crippen molar-refractivity contribution in [3.05, 3.63) is 29.3 Å². The second-order valence-electron chi connectivity index (χ2n) is 4.72. The Kier molecular flexibility index (Phi) is 3.69. The first-order valence-corrected chi connectivity index (χ1v) is 6.07. The molecule has 2 rings (SSSR count). The first-order chi connectivity index (χ1) is 8.13. The van der Waals surface area contributed by atoms with Gasteiger partial charge in [-0.15, -0.1) is 0 Å². The molecular formula is C14H20O3. The number of ether oxygens (including phenoxy) is 2. The summed E-state index contributed by atoms with van der Waals surface area (Å²) >= 11 is 0. The summed E-state index contributed by atoms with van der Waals surface area (Å²) in [7, 11) is 1.63. The molecular weight excluding hydrogens is 216 g/mol. The van der Waals surface area contributed by atoms with E-state index in [1.165, 1.54) is 0 Å². The molecule has 0 aromatic heterocycles. The van der Waals surface area contributed by atoms with E-state index in [0.717, 1.165) is 29.9 Å². The highest BCUT2D eigenvalue weighted by Gasteiger charge is 2.33. The molecule has 0 aliphatic carbocycles. The minimum Gasteiger partial charge on any atom is -0.496 e. The second kappa shape index (κ2) is 5.07. The van der Waals surface area contributed by atoms with Crippen LogP contribution in [-0.2, 0) is 4.74 Å². The standard InChI is InChI=1S/C14H20O3/c1-9-4-5-13(16-3)12(8-9)14(15)11-6-7-17-10(11)2/h4-5,8,10-11,14-15H,6-7H2,1-3H3. The maximum atomic E-state index is 10.5. The van der Waals surface area contributed by atoms with Gasteiger partial charge in [-0.05, 0) is 32.4 Å². The van der Waals surface area contributed by atoms with E-state index in [1.807, 2.05) is 32.0 Å². The summed E-state index contributed by atoms with van der Waals surface area (Å²) in [5, 5.41) is 10.5. The fourth-order valence-electron chi connectivity index (χ4n) is 2.48. The van der Waals surface area contributed by atoms with Crippen molar-refractivity contribution < 1.29 is 14.6 Å². The Morgan fingerprint density at radius 3 is 2.82 bits per heavy atom. The lowest BCUT2D eigenvalue weighted by atomic mass is 9.89. The number of aryl methyl sites for hydroxylation is 1. The summed E-state index contributed by atoms with van der Waals surface area (Å²) in [4.78, 5) is 0. The lowest BCUT2D eigenvalue weighted by Gasteiger charge is -2.23. The van der Waals surface area contributed by atoms with Gasteiger partial charge in [0.1, 0.15) is 5.75 Å². The van der Waals surface area contributed by atoms with Crippen molar-refractivity contribution in [1.29, 1.82) is 0 Å². The van der Waals surface area contributed by atoms with Gasteiger partial charge in [-0.2, -0.15) is 0 Å². The molecule has 3 nitrogen and oxygen atoms in total. The monoisotopic (exact) mass is 236 g/mol. The van der Waals surface area contributed by atoms with Crippen molar-refractivity contribution >= 4 is 0 Å². The van der Waals surface area contributed by atoms with Crippen LogP contribution in [0.5, 0.6) is 5.75 Å². The number of methoxy groups -OCH3 is 1. The highest BCUT2D eigenvalue weighted by atomic mass is 16.5. The van der Waals surface area contributed by atoms with E-state index in [4.69, 9.17) is 9.47 Å². The maximum absolute atomic E-state index is 10.5. The first kappa shape index (κ1) is 12.4. The van der Waals surface area contributed by atoms with Gasteiger partial charge in [-0.25, -0.2) is 0 Å². The van der Waals surface area contributed by atoms with Crippen LogP contribution in [0.1, 0.15) is 30.6 Å². The third kappa shape index (κ3) is 2.45. The third-order valence-corrected chi connectivity index (χ3v) is 3.54. The van der Waals surface area contributed by atoms with Gasteiger partial charge in [-0.3, -0.25) is 0 Å². The molecule has 1 heterocycles. The van der Waals surface area contributed by atoms with Gasteiger partial charge >= 0.3 is 0 Å². The minimum absolute atomic E-state index is 0.107. The molecule has 1 aliphatic heterocycles. The minimum atomic E-state index is -0.512. The molecule has 3 unspecified atom stereocenters. The average molecular weight is 236 g/mol. The van der Waals surface area contributed by atoms with E-state index < -0.39 is 6.10 Å². The van der Waals surface area contributed by atoms with E-state index in [-0.39, 0.29) is 12.0 Å². The van der Waals surface area contributed by atoms with E-state index in [9.17, 15) is 5.11 Å². The summed E-state index contributed by atoms with van der Waals surface area (Å²) in [6.07, 6.45) is 0.497. The quantitative estimate of drug-likeness (QED) is 0.876. The Morgan fingerprint density at radius 1 is 1.47 bits per heavy atom. The van der Waals surface area contributed by atoms with E-state index in [2.05, 4.69) is 0 Å². The average Bonchev–Trinajstić information content (AvgIpc) is 2.74. The van der Waals surface area contributed by atoms with Crippen molar-refractivity contribution in [2.45, 2.75) is 32.5 Å². The zero-order chi connectivity index (χ0) is 12.4. The molecule has 0 spiro atoms. The summed E-state index contributed by atoms with van der Waals surface area (Å²) < 4.78 is 10.8. The van der Waals surface area contributed by atoms with Crippen LogP contribution in [-0.4, -0.2) is 24.9 Å². The highest BCUT2D eigenvalue weighted by molar-refractivity contribution is 5.38. The fraction of sp³-hybridized carbons (Fsp3) is 0.571. The predicted molar refractivity (Wildman–Crippen MR) is 66.2 cm³/mol. The summed E-state index contributed by atoms with van der Waals surface area (Å²) in [6.45, 7) is 4.77. The van der Waals surface area contributed by atoms with Gasteiger partial charge in [0.05, 0.1) is 19.3 Å². The molecule has 1 fully saturated rings. The largest absolute Gasteiger partial charge is 0.496 e. The van der Waals surface area contributed by atoms with Crippen LogP contribution in [0.4, 0.5) is 0 Å². The number of aliphatic hydroxyl groups excluding tert-OH is 1. The molecule has 0 radical (unpaired) electrons. The Morgan fingerprint density at radius 2 is 2.24 bits per heavy atom. The SMILES string of the molecule is COc1ccc(C)cc1C(O)C1CCOC1C. The van der Waals surface area contributed by atoms with Crippen LogP contribution in [0.25, 0.3) is 0 Å². The molecule has 3 heteroatoms. The van der Waals surface area contributed by atoms with Crippen molar-refractivity contribution in [2.75, 3.05) is 13.7 Å². The van der Waals surface area contributed by atoms with Gasteiger partial charge in [-0.1, -0.05) is 11.6 Å².